The van der Waals surface area contributed by atoms with Crippen LogP contribution in [-0.4, -0.2) is 34.5 Å². The molecule has 28 heavy (non-hydrogen) atoms. The van der Waals surface area contributed by atoms with Gasteiger partial charge in [0.2, 0.25) is 5.91 Å². The second-order valence-electron chi connectivity index (χ2n) is 6.77. The molecule has 0 saturated carbocycles. The van der Waals surface area contributed by atoms with Crippen LogP contribution in [0.2, 0.25) is 0 Å². The van der Waals surface area contributed by atoms with Crippen molar-refractivity contribution in [2.45, 2.75) is 39.0 Å². The smallest absolute Gasteiger partial charge is 0.242 e. The predicted octanol–water partition coefficient (Wildman–Crippen LogP) is 4.56. The Labute approximate surface area is 170 Å². The molecule has 5 nitrogen and oxygen atoms in total. The summed E-state index contributed by atoms with van der Waals surface area (Å²) in [6.07, 6.45) is 2.51. The van der Waals surface area contributed by atoms with Crippen LogP contribution in [0.3, 0.4) is 0 Å². The van der Waals surface area contributed by atoms with E-state index in [2.05, 4.69) is 36.2 Å². The second kappa shape index (κ2) is 9.06. The maximum atomic E-state index is 12.7. The highest BCUT2D eigenvalue weighted by Crippen LogP contribution is 2.31. The van der Waals surface area contributed by atoms with Crippen LogP contribution in [0, 0.1) is 13.8 Å². The minimum absolute atomic E-state index is 0.0868. The van der Waals surface area contributed by atoms with Crippen LogP contribution in [0.25, 0.3) is 0 Å². The highest BCUT2D eigenvalue weighted by atomic mass is 32.2. The minimum atomic E-state index is -0.103. The zero-order valence-electron chi connectivity index (χ0n) is 16.7. The summed E-state index contributed by atoms with van der Waals surface area (Å²) < 4.78 is 5.20. The van der Waals surface area contributed by atoms with Crippen LogP contribution in [-0.2, 0) is 11.3 Å². The first-order chi connectivity index (χ1) is 13.5. The average molecular weight is 396 g/mol. The van der Waals surface area contributed by atoms with Crippen molar-refractivity contribution in [2.75, 3.05) is 7.11 Å². The fraction of sp³-hybridized carbons (Fsp3) is 0.318. The van der Waals surface area contributed by atoms with Crippen molar-refractivity contribution in [2.24, 2.45) is 10.2 Å². The van der Waals surface area contributed by atoms with Crippen molar-refractivity contribution >= 4 is 29.1 Å². The van der Waals surface area contributed by atoms with Crippen molar-refractivity contribution < 1.29 is 9.53 Å². The highest BCUT2D eigenvalue weighted by Gasteiger charge is 2.36. The molecule has 1 atom stereocenters. The number of carbonyl (C=O) groups excluding carboxylic acids is 1. The molecule has 146 valence electrons. The maximum absolute atomic E-state index is 12.7. The number of thioether (sulfide) groups is 1. The number of amides is 1. The van der Waals surface area contributed by atoms with Gasteiger partial charge in [0, 0.05) is 0 Å². The summed E-state index contributed by atoms with van der Waals surface area (Å²) in [6.45, 7) is 6.61. The molecular formula is C22H25N3O2S. The molecule has 2 aromatic carbocycles. The van der Waals surface area contributed by atoms with Crippen molar-refractivity contribution in [1.29, 1.82) is 0 Å². The Kier molecular flexibility index (Phi) is 6.52. The number of aryl methyl sites for hydroxylation is 2. The number of rotatable bonds is 6. The summed E-state index contributed by atoms with van der Waals surface area (Å²) in [5, 5.41) is 9.18. The summed E-state index contributed by atoms with van der Waals surface area (Å²) >= 11 is 1.48. The summed E-state index contributed by atoms with van der Waals surface area (Å²) in [6, 6.07) is 13.9. The van der Waals surface area contributed by atoms with Gasteiger partial charge in [-0.3, -0.25) is 9.69 Å². The van der Waals surface area contributed by atoms with Gasteiger partial charge in [-0.15, -0.1) is 5.10 Å². The molecule has 1 fully saturated rings. The molecule has 6 heteroatoms. The van der Waals surface area contributed by atoms with Crippen LogP contribution in [0.15, 0.2) is 52.7 Å². The summed E-state index contributed by atoms with van der Waals surface area (Å²) in [4.78, 5) is 14.5. The zero-order chi connectivity index (χ0) is 20.1. The summed E-state index contributed by atoms with van der Waals surface area (Å²) in [5.41, 5.74) is 4.42. The predicted molar refractivity (Wildman–Crippen MR) is 116 cm³/mol. The normalized spacial score (nSPS) is 18.4. The molecule has 0 aromatic heterocycles. The first-order valence-corrected chi connectivity index (χ1v) is 10.2. The van der Waals surface area contributed by atoms with Gasteiger partial charge in [0.05, 0.1) is 25.1 Å². The minimum Gasteiger partial charge on any atom is -0.497 e. The molecule has 1 aliphatic heterocycles. The van der Waals surface area contributed by atoms with E-state index < -0.39 is 0 Å². The van der Waals surface area contributed by atoms with Crippen LogP contribution in [0.4, 0.5) is 0 Å². The first-order valence-electron chi connectivity index (χ1n) is 9.31. The number of benzene rings is 2. The van der Waals surface area contributed by atoms with Gasteiger partial charge < -0.3 is 4.74 Å². The van der Waals surface area contributed by atoms with Crippen LogP contribution in [0.5, 0.6) is 5.75 Å². The van der Waals surface area contributed by atoms with Gasteiger partial charge in [0.25, 0.3) is 0 Å². The topological polar surface area (TPSA) is 54.3 Å². The molecule has 1 heterocycles. The van der Waals surface area contributed by atoms with Crippen LogP contribution >= 0.6 is 11.8 Å². The molecule has 0 radical (unpaired) electrons. The van der Waals surface area contributed by atoms with E-state index in [1.807, 2.05) is 37.3 Å². The second-order valence-corrected chi connectivity index (χ2v) is 7.94. The number of ether oxygens (including phenoxy) is 1. The SMILES string of the molecule is CCC1S/C(=N/N=C/c2ccc(C)cc2C)N(Cc2ccc(OC)cc2)C1=O. The van der Waals surface area contributed by atoms with Gasteiger partial charge in [-0.05, 0) is 49.1 Å². The Balaban J connectivity index is 1.80. The van der Waals surface area contributed by atoms with E-state index in [9.17, 15) is 4.79 Å². The molecule has 0 aliphatic carbocycles. The van der Waals surface area contributed by atoms with Crippen LogP contribution < -0.4 is 4.74 Å². The Morgan fingerprint density at radius 3 is 2.57 bits per heavy atom. The standard InChI is InChI=1S/C22H25N3O2S/c1-5-20-21(26)25(14-17-7-10-19(27-4)11-8-17)22(28-20)24-23-13-18-9-6-15(2)12-16(18)3/h6-13,20H,5,14H2,1-4H3/b23-13+,24-22+. The van der Waals surface area contributed by atoms with E-state index in [0.717, 1.165) is 28.9 Å². The number of nitrogens with zero attached hydrogens (tertiary/aromatic N) is 3. The van der Waals surface area contributed by atoms with E-state index >= 15 is 0 Å². The lowest BCUT2D eigenvalue weighted by atomic mass is 10.1. The van der Waals surface area contributed by atoms with Gasteiger partial charge in [-0.2, -0.15) is 5.10 Å². The van der Waals surface area contributed by atoms with Crippen molar-refractivity contribution in [3.8, 4) is 5.75 Å². The molecule has 3 rings (SSSR count). The molecule has 1 amide bonds. The number of methoxy groups -OCH3 is 1. The molecule has 1 aliphatic rings. The largest absolute Gasteiger partial charge is 0.497 e. The van der Waals surface area contributed by atoms with Crippen molar-refractivity contribution in [3.63, 3.8) is 0 Å². The summed E-state index contributed by atoms with van der Waals surface area (Å²) in [7, 11) is 1.64. The first kappa shape index (κ1) is 20.1. The zero-order valence-corrected chi connectivity index (χ0v) is 17.5. The molecular weight excluding hydrogens is 370 g/mol. The number of carbonyl (C=O) groups is 1. The molecule has 1 unspecified atom stereocenters. The third kappa shape index (κ3) is 4.62. The number of amidine groups is 1. The Morgan fingerprint density at radius 2 is 1.93 bits per heavy atom. The van der Waals surface area contributed by atoms with E-state index in [4.69, 9.17) is 4.74 Å². The maximum Gasteiger partial charge on any atom is 0.242 e. The van der Waals surface area contributed by atoms with E-state index in [-0.39, 0.29) is 11.2 Å². The van der Waals surface area contributed by atoms with E-state index in [1.54, 1.807) is 18.2 Å². The summed E-state index contributed by atoms with van der Waals surface area (Å²) in [5.74, 6) is 0.882. The van der Waals surface area contributed by atoms with Gasteiger partial charge in [-0.1, -0.05) is 54.6 Å². The molecule has 0 bridgehead atoms. The fourth-order valence-corrected chi connectivity index (χ4v) is 4.04. The lowest BCUT2D eigenvalue weighted by Crippen LogP contribution is -2.31. The monoisotopic (exact) mass is 395 g/mol. The van der Waals surface area contributed by atoms with Gasteiger partial charge in [0.15, 0.2) is 5.17 Å². The third-order valence-electron chi connectivity index (χ3n) is 4.66. The number of hydrogen-bond donors (Lipinski definition) is 0. The number of hydrogen-bond acceptors (Lipinski definition) is 5. The quantitative estimate of drug-likeness (QED) is 0.532. The van der Waals surface area contributed by atoms with Crippen molar-refractivity contribution in [1.82, 2.24) is 4.90 Å². The molecule has 0 N–H and O–H groups in total. The molecule has 2 aromatic rings. The Morgan fingerprint density at radius 1 is 1.18 bits per heavy atom. The fourth-order valence-electron chi connectivity index (χ4n) is 3.01. The average Bonchev–Trinajstić information content (AvgIpc) is 2.99. The Hall–Kier alpha value is -2.60. The van der Waals surface area contributed by atoms with Gasteiger partial charge in [0.1, 0.15) is 5.75 Å². The highest BCUT2D eigenvalue weighted by molar-refractivity contribution is 8.15. The lowest BCUT2D eigenvalue weighted by molar-refractivity contribution is -0.126. The van der Waals surface area contributed by atoms with Crippen LogP contribution in [0.1, 0.15) is 35.6 Å². The Bertz CT molecular complexity index is 906. The van der Waals surface area contributed by atoms with Gasteiger partial charge >= 0.3 is 0 Å². The molecule has 0 spiro atoms. The third-order valence-corrected chi connectivity index (χ3v) is 5.99. The van der Waals surface area contributed by atoms with E-state index in [0.29, 0.717) is 11.7 Å². The molecule has 1 saturated heterocycles. The lowest BCUT2D eigenvalue weighted by Gasteiger charge is -2.16. The van der Waals surface area contributed by atoms with E-state index in [1.165, 1.54) is 17.3 Å². The van der Waals surface area contributed by atoms with Crippen molar-refractivity contribution in [3.05, 3.63) is 64.7 Å². The van der Waals surface area contributed by atoms with Gasteiger partial charge in [-0.25, -0.2) is 0 Å².